The van der Waals surface area contributed by atoms with Crippen LogP contribution in [0.4, 0.5) is 0 Å². The van der Waals surface area contributed by atoms with E-state index in [4.69, 9.17) is 0 Å². The second kappa shape index (κ2) is 13.1. The van der Waals surface area contributed by atoms with Gasteiger partial charge in [0, 0.05) is 72.7 Å². The number of hydrogen-bond acceptors (Lipinski definition) is 1. The van der Waals surface area contributed by atoms with Gasteiger partial charge in [-0.2, -0.15) is 0 Å². The van der Waals surface area contributed by atoms with Gasteiger partial charge in [0.05, 0.1) is 22.1 Å². The van der Waals surface area contributed by atoms with Gasteiger partial charge in [0.1, 0.15) is 0 Å². The predicted molar refractivity (Wildman–Crippen MR) is 248 cm³/mol. The highest BCUT2D eigenvalue weighted by molar-refractivity contribution is 8.34. The molecule has 0 atom stereocenters. The Labute approximate surface area is 341 Å². The molecule has 0 saturated carbocycles. The average molecular weight is 777 g/mol. The first-order valence-corrected chi connectivity index (χ1v) is 22.2. The van der Waals surface area contributed by atoms with Crippen molar-refractivity contribution in [1.29, 1.82) is 0 Å². The van der Waals surface area contributed by atoms with Gasteiger partial charge in [-0.15, -0.1) is 21.4 Å². The van der Waals surface area contributed by atoms with Gasteiger partial charge in [0.15, 0.2) is 0 Å². The van der Waals surface area contributed by atoms with Crippen LogP contribution in [0.3, 0.4) is 0 Å². The quantitative estimate of drug-likeness (QED) is 0.159. The highest BCUT2D eigenvalue weighted by atomic mass is 32.3. The van der Waals surface area contributed by atoms with Crippen LogP contribution in [0.25, 0.3) is 75.2 Å². The van der Waals surface area contributed by atoms with Crippen molar-refractivity contribution in [2.75, 3.05) is 0 Å². The number of rotatable bonds is 6. The number of fused-ring (bicyclic) bond motifs is 9. The van der Waals surface area contributed by atoms with E-state index in [9.17, 15) is 0 Å². The van der Waals surface area contributed by atoms with Crippen molar-refractivity contribution in [1.82, 2.24) is 9.13 Å². The molecule has 0 aliphatic carbocycles. The topological polar surface area (TPSA) is 9.86 Å². The molecule has 274 valence electrons. The summed E-state index contributed by atoms with van der Waals surface area (Å²) in [6.07, 6.45) is 0. The normalized spacial score (nSPS) is 12.4. The van der Waals surface area contributed by atoms with Crippen LogP contribution in [-0.2, 0) is 0 Å². The van der Waals surface area contributed by atoms with Crippen LogP contribution in [0, 0.1) is 0 Å². The molecule has 0 spiro atoms. The van der Waals surface area contributed by atoms with Gasteiger partial charge in [-0.3, -0.25) is 0 Å². The molecule has 0 N–H and O–H groups in total. The largest absolute Gasteiger partial charge is 0.309 e. The molecule has 0 amide bonds. The van der Waals surface area contributed by atoms with Crippen LogP contribution in [0.5, 0.6) is 0 Å². The van der Waals surface area contributed by atoms with Crippen LogP contribution in [0.15, 0.2) is 238 Å². The summed E-state index contributed by atoms with van der Waals surface area (Å²) in [6.45, 7) is 0. The fourth-order valence-electron chi connectivity index (χ4n) is 9.40. The summed E-state index contributed by atoms with van der Waals surface area (Å²) in [5.41, 5.74) is 7.19. The van der Waals surface area contributed by atoms with Gasteiger partial charge in [0.25, 0.3) is 0 Å². The molecule has 0 saturated heterocycles. The van der Waals surface area contributed by atoms with Gasteiger partial charge >= 0.3 is 0 Å². The van der Waals surface area contributed by atoms with E-state index in [1.165, 1.54) is 83.4 Å². The lowest BCUT2D eigenvalue weighted by Crippen LogP contribution is -2.06. The lowest BCUT2D eigenvalue weighted by Gasteiger charge is -2.42. The molecular weight excluding hydrogens is 741 g/mol. The molecule has 0 unspecified atom stereocenters. The number of benzene rings is 9. The number of thiophene rings is 1. The van der Waals surface area contributed by atoms with Crippen LogP contribution < -0.4 is 0 Å². The summed E-state index contributed by atoms with van der Waals surface area (Å²) in [5.74, 6) is 0. The van der Waals surface area contributed by atoms with Gasteiger partial charge in [-0.05, 0) is 103 Å². The lowest BCUT2D eigenvalue weighted by atomic mass is 10.1. The predicted octanol–water partition coefficient (Wildman–Crippen LogP) is 15.6. The minimum Gasteiger partial charge on any atom is -0.309 e. The van der Waals surface area contributed by atoms with Crippen molar-refractivity contribution in [3.05, 3.63) is 218 Å². The standard InChI is InChI=1S/C54H36N2S2/c1-4-17-37(18-5-1)55-48-27-14-11-25-44(48)54-49(55)28-16-30-53(54)58(39-19-6-2-7-20-39,40-21-8-3-9-22-40)41-33-31-38(32-34-41)56-47-26-13-10-23-42(47)45-35-46-43-24-12-15-29-51(43)57-52(46)36-50(45)56/h1-36H. The SMILES string of the molecule is c1ccc(-n2c3ccccc3c3c(S(c4ccccc4)(c4ccccc4)c4ccc(-n5c6ccccc6c6cc7c(cc65)sc5ccccc57)cc4)cccc32)cc1. The zero-order chi connectivity index (χ0) is 38.2. The number of aromatic nitrogens is 2. The molecule has 0 fully saturated rings. The maximum atomic E-state index is 2.47. The van der Waals surface area contributed by atoms with Crippen LogP contribution in [0.1, 0.15) is 0 Å². The maximum absolute atomic E-state index is 2.47. The van der Waals surface area contributed by atoms with Crippen molar-refractivity contribution in [2.45, 2.75) is 19.6 Å². The molecular formula is C54H36N2S2. The van der Waals surface area contributed by atoms with E-state index in [0.29, 0.717) is 0 Å². The summed E-state index contributed by atoms with van der Waals surface area (Å²) in [5, 5.41) is 7.76. The Morgan fingerprint density at radius 2 is 0.828 bits per heavy atom. The molecule has 12 aromatic rings. The number of nitrogens with zero attached hydrogens (tertiary/aromatic N) is 2. The molecule has 3 heterocycles. The van der Waals surface area contributed by atoms with E-state index in [-0.39, 0.29) is 0 Å². The molecule has 0 aliphatic heterocycles. The Morgan fingerprint density at radius 1 is 0.310 bits per heavy atom. The van der Waals surface area contributed by atoms with Crippen molar-refractivity contribution >= 4 is 85.1 Å². The van der Waals surface area contributed by atoms with Crippen LogP contribution in [-0.4, -0.2) is 9.13 Å². The third-order valence-corrected chi connectivity index (χ3v) is 16.9. The minimum absolute atomic E-state index is 1.16. The van der Waals surface area contributed by atoms with Gasteiger partial charge in [-0.1, -0.05) is 115 Å². The van der Waals surface area contributed by atoms with Crippen molar-refractivity contribution < 1.29 is 0 Å². The summed E-state index contributed by atoms with van der Waals surface area (Å²) < 4.78 is 7.55. The van der Waals surface area contributed by atoms with Gasteiger partial charge < -0.3 is 9.13 Å². The van der Waals surface area contributed by atoms with E-state index >= 15 is 0 Å². The maximum Gasteiger partial charge on any atom is 0.0555 e. The van der Waals surface area contributed by atoms with Crippen molar-refractivity contribution in [3.63, 3.8) is 0 Å². The Kier molecular flexibility index (Phi) is 7.52. The lowest BCUT2D eigenvalue weighted by molar-refractivity contribution is 1.16. The van der Waals surface area contributed by atoms with Crippen LogP contribution in [0.2, 0.25) is 0 Å². The molecule has 4 heteroatoms. The molecule has 0 radical (unpaired) electrons. The van der Waals surface area contributed by atoms with Gasteiger partial charge in [0.2, 0.25) is 0 Å². The van der Waals surface area contributed by atoms with E-state index in [2.05, 4.69) is 228 Å². The first-order valence-electron chi connectivity index (χ1n) is 19.8. The molecule has 2 nitrogen and oxygen atoms in total. The molecule has 0 aliphatic rings. The highest BCUT2D eigenvalue weighted by Crippen LogP contribution is 2.75. The first kappa shape index (κ1) is 33.3. The fraction of sp³-hybridized carbons (Fsp3) is 0. The Morgan fingerprint density at radius 3 is 1.53 bits per heavy atom. The highest BCUT2D eigenvalue weighted by Gasteiger charge is 2.36. The Bertz CT molecular complexity index is 3450. The van der Waals surface area contributed by atoms with E-state index in [0.717, 1.165) is 11.4 Å². The van der Waals surface area contributed by atoms with Gasteiger partial charge in [-0.25, -0.2) is 0 Å². The first-order chi connectivity index (χ1) is 28.8. The minimum atomic E-state index is -2.03. The second-order valence-electron chi connectivity index (χ2n) is 14.9. The molecule has 12 rings (SSSR count). The molecule has 0 bridgehead atoms. The Balaban J connectivity index is 1.15. The second-order valence-corrected chi connectivity index (χ2v) is 19.0. The number of hydrogen-bond donors (Lipinski definition) is 0. The summed E-state index contributed by atoms with van der Waals surface area (Å²) >= 11 is 1.88. The molecule has 3 aromatic heterocycles. The summed E-state index contributed by atoms with van der Waals surface area (Å²) in [4.78, 5) is 5.25. The Hall–Kier alpha value is -6.85. The fourth-order valence-corrected chi connectivity index (χ4v) is 14.6. The van der Waals surface area contributed by atoms with E-state index in [1.54, 1.807) is 0 Å². The monoisotopic (exact) mass is 776 g/mol. The van der Waals surface area contributed by atoms with Crippen molar-refractivity contribution in [3.8, 4) is 11.4 Å². The van der Waals surface area contributed by atoms with E-state index in [1.807, 2.05) is 11.3 Å². The zero-order valence-corrected chi connectivity index (χ0v) is 33.1. The summed E-state index contributed by atoms with van der Waals surface area (Å²) in [7, 11) is -2.03. The average Bonchev–Trinajstić information content (AvgIpc) is 3.95. The summed E-state index contributed by atoms with van der Waals surface area (Å²) in [6, 6.07) is 81.2. The third kappa shape index (κ3) is 4.80. The molecule has 58 heavy (non-hydrogen) atoms. The zero-order valence-electron chi connectivity index (χ0n) is 31.5. The van der Waals surface area contributed by atoms with E-state index < -0.39 is 10.0 Å². The van der Waals surface area contributed by atoms with Crippen LogP contribution >= 0.6 is 21.4 Å². The third-order valence-electron chi connectivity index (χ3n) is 11.8. The smallest absolute Gasteiger partial charge is 0.0555 e. The molecule has 9 aromatic carbocycles. The number of para-hydroxylation sites is 3. The van der Waals surface area contributed by atoms with Crippen molar-refractivity contribution in [2.24, 2.45) is 0 Å².